The van der Waals surface area contributed by atoms with E-state index >= 15 is 0 Å². The molecule has 0 saturated carbocycles. The highest BCUT2D eigenvalue weighted by Gasteiger charge is 2.19. The molecule has 7 heteroatoms. The van der Waals surface area contributed by atoms with E-state index in [9.17, 15) is 8.42 Å². The molecule has 0 radical (unpaired) electrons. The van der Waals surface area contributed by atoms with Crippen LogP contribution in [0.1, 0.15) is 4.88 Å². The summed E-state index contributed by atoms with van der Waals surface area (Å²) in [4.78, 5) is 5.68. The SMILES string of the molecule is Cc1ccc(S(=O)(=O)NCCN2CCN(c3ccccc3)CC2)s1. The van der Waals surface area contributed by atoms with Crippen LogP contribution in [0.4, 0.5) is 5.69 Å². The minimum atomic E-state index is -3.36. The fourth-order valence-corrected chi connectivity index (χ4v) is 5.18. The third-order valence-electron chi connectivity index (χ3n) is 4.19. The number of hydrogen-bond donors (Lipinski definition) is 1. The number of rotatable bonds is 6. The molecule has 1 aromatic carbocycles. The second-order valence-electron chi connectivity index (χ2n) is 5.93. The fraction of sp³-hybridized carbons (Fsp3) is 0.412. The number of para-hydroxylation sites is 1. The van der Waals surface area contributed by atoms with E-state index in [4.69, 9.17) is 0 Å². The van der Waals surface area contributed by atoms with Crippen molar-refractivity contribution < 1.29 is 8.42 Å². The fourth-order valence-electron chi connectivity index (χ4n) is 2.83. The van der Waals surface area contributed by atoms with Crippen LogP contribution in [0.25, 0.3) is 0 Å². The van der Waals surface area contributed by atoms with Crippen LogP contribution in [0.3, 0.4) is 0 Å². The van der Waals surface area contributed by atoms with Crippen molar-refractivity contribution in [3.05, 3.63) is 47.3 Å². The summed E-state index contributed by atoms with van der Waals surface area (Å²) in [5.41, 5.74) is 1.26. The maximum atomic E-state index is 12.2. The first-order valence-corrected chi connectivity index (χ1v) is 10.4. The van der Waals surface area contributed by atoms with Crippen LogP contribution in [-0.4, -0.2) is 52.6 Å². The number of sulfonamides is 1. The van der Waals surface area contributed by atoms with Crippen LogP contribution in [0, 0.1) is 6.92 Å². The number of benzene rings is 1. The molecule has 1 aliphatic heterocycles. The zero-order valence-corrected chi connectivity index (χ0v) is 15.4. The molecule has 130 valence electrons. The van der Waals surface area contributed by atoms with Crippen LogP contribution in [0.5, 0.6) is 0 Å². The van der Waals surface area contributed by atoms with Gasteiger partial charge in [0.2, 0.25) is 10.0 Å². The van der Waals surface area contributed by atoms with Crippen molar-refractivity contribution in [1.29, 1.82) is 0 Å². The Morgan fingerprint density at radius 3 is 2.38 bits per heavy atom. The average molecular weight is 366 g/mol. The van der Waals surface area contributed by atoms with Gasteiger partial charge >= 0.3 is 0 Å². The topological polar surface area (TPSA) is 52.7 Å². The highest BCUT2D eigenvalue weighted by atomic mass is 32.2. The van der Waals surface area contributed by atoms with Crippen LogP contribution < -0.4 is 9.62 Å². The largest absolute Gasteiger partial charge is 0.369 e. The number of thiophene rings is 1. The van der Waals surface area contributed by atoms with Gasteiger partial charge in [-0.15, -0.1) is 11.3 Å². The molecule has 24 heavy (non-hydrogen) atoms. The molecule has 3 rings (SSSR count). The van der Waals surface area contributed by atoms with Gasteiger partial charge in [0, 0.05) is 49.8 Å². The highest BCUT2D eigenvalue weighted by molar-refractivity contribution is 7.91. The molecule has 0 aliphatic carbocycles. The maximum Gasteiger partial charge on any atom is 0.250 e. The second kappa shape index (κ2) is 7.65. The monoisotopic (exact) mass is 365 g/mol. The Bertz CT molecular complexity index is 751. The summed E-state index contributed by atoms with van der Waals surface area (Å²) in [7, 11) is -3.36. The number of hydrogen-bond acceptors (Lipinski definition) is 5. The molecule has 2 heterocycles. The Balaban J connectivity index is 1.44. The second-order valence-corrected chi connectivity index (χ2v) is 9.21. The summed E-state index contributed by atoms with van der Waals surface area (Å²) in [5, 5.41) is 0. The van der Waals surface area contributed by atoms with E-state index in [1.165, 1.54) is 17.0 Å². The first-order valence-electron chi connectivity index (χ1n) is 8.13. The molecule has 1 N–H and O–H groups in total. The van der Waals surface area contributed by atoms with E-state index < -0.39 is 10.0 Å². The summed E-state index contributed by atoms with van der Waals surface area (Å²) in [6.07, 6.45) is 0. The Labute approximate surface area is 148 Å². The quantitative estimate of drug-likeness (QED) is 0.852. The lowest BCUT2D eigenvalue weighted by molar-refractivity contribution is 0.262. The van der Waals surface area contributed by atoms with Crippen molar-refractivity contribution in [3.8, 4) is 0 Å². The van der Waals surface area contributed by atoms with Gasteiger partial charge in [0.1, 0.15) is 4.21 Å². The molecule has 0 atom stereocenters. The number of nitrogens with zero attached hydrogens (tertiary/aromatic N) is 2. The summed E-state index contributed by atoms with van der Waals surface area (Å²) < 4.78 is 27.5. The van der Waals surface area contributed by atoms with Crippen LogP contribution in [0.2, 0.25) is 0 Å². The first-order chi connectivity index (χ1) is 11.5. The molecule has 2 aromatic rings. The molecule has 5 nitrogen and oxygen atoms in total. The lowest BCUT2D eigenvalue weighted by Crippen LogP contribution is -2.48. The van der Waals surface area contributed by atoms with Crippen molar-refractivity contribution >= 4 is 27.0 Å². The predicted octanol–water partition coefficient (Wildman–Crippen LogP) is 2.16. The molecule has 0 bridgehead atoms. The zero-order chi connectivity index (χ0) is 17.0. The Hall–Kier alpha value is -1.41. The van der Waals surface area contributed by atoms with E-state index in [2.05, 4.69) is 38.8 Å². The highest BCUT2D eigenvalue weighted by Crippen LogP contribution is 2.20. The standard InChI is InChI=1S/C17H23N3O2S2/c1-15-7-8-17(23-15)24(21,22)18-9-10-19-11-13-20(14-12-19)16-5-3-2-4-6-16/h2-8,18H,9-14H2,1H3. The maximum absolute atomic E-state index is 12.2. The first kappa shape index (κ1) is 17.4. The molecule has 1 aromatic heterocycles. The van der Waals surface area contributed by atoms with E-state index in [1.807, 2.05) is 19.1 Å². The molecule has 0 amide bonds. The Morgan fingerprint density at radius 1 is 1.04 bits per heavy atom. The van der Waals surface area contributed by atoms with Gasteiger partial charge < -0.3 is 4.90 Å². The van der Waals surface area contributed by atoms with E-state index in [-0.39, 0.29) is 0 Å². The van der Waals surface area contributed by atoms with Gasteiger partial charge in [-0.25, -0.2) is 13.1 Å². The lowest BCUT2D eigenvalue weighted by atomic mass is 10.2. The van der Waals surface area contributed by atoms with E-state index in [1.54, 1.807) is 6.07 Å². The third-order valence-corrected chi connectivity index (χ3v) is 7.15. The number of nitrogens with one attached hydrogen (secondary N) is 1. The van der Waals surface area contributed by atoms with Gasteiger partial charge in [-0.1, -0.05) is 18.2 Å². The number of anilines is 1. The van der Waals surface area contributed by atoms with Crippen molar-refractivity contribution in [2.75, 3.05) is 44.2 Å². The van der Waals surface area contributed by atoms with E-state index in [0.717, 1.165) is 37.6 Å². The van der Waals surface area contributed by atoms with E-state index in [0.29, 0.717) is 10.8 Å². The Morgan fingerprint density at radius 2 is 1.75 bits per heavy atom. The minimum absolute atomic E-state index is 0.397. The van der Waals surface area contributed by atoms with Crippen LogP contribution in [0.15, 0.2) is 46.7 Å². The summed E-state index contributed by atoms with van der Waals surface area (Å²) in [5.74, 6) is 0. The summed E-state index contributed by atoms with van der Waals surface area (Å²) >= 11 is 1.31. The molecule has 0 spiro atoms. The van der Waals surface area contributed by atoms with Crippen molar-refractivity contribution in [1.82, 2.24) is 9.62 Å². The minimum Gasteiger partial charge on any atom is -0.369 e. The van der Waals surface area contributed by atoms with Crippen LogP contribution in [-0.2, 0) is 10.0 Å². The molecular weight excluding hydrogens is 342 g/mol. The zero-order valence-electron chi connectivity index (χ0n) is 13.8. The van der Waals surface area contributed by atoms with Gasteiger partial charge in [-0.2, -0.15) is 0 Å². The van der Waals surface area contributed by atoms with Crippen LogP contribution >= 0.6 is 11.3 Å². The average Bonchev–Trinajstić information content (AvgIpc) is 3.04. The molecule has 1 fully saturated rings. The predicted molar refractivity (Wildman–Crippen MR) is 99.3 cm³/mol. The molecule has 1 aliphatic rings. The lowest BCUT2D eigenvalue weighted by Gasteiger charge is -2.36. The van der Waals surface area contributed by atoms with Gasteiger partial charge in [0.25, 0.3) is 0 Å². The third kappa shape index (κ3) is 4.36. The normalized spacial score (nSPS) is 16.5. The molecular formula is C17H23N3O2S2. The molecule has 1 saturated heterocycles. The smallest absolute Gasteiger partial charge is 0.250 e. The molecule has 0 unspecified atom stereocenters. The Kier molecular flexibility index (Phi) is 5.55. The summed E-state index contributed by atoms with van der Waals surface area (Å²) in [6, 6.07) is 13.9. The van der Waals surface area contributed by atoms with Crippen molar-refractivity contribution in [3.63, 3.8) is 0 Å². The van der Waals surface area contributed by atoms with Gasteiger partial charge in [0.15, 0.2) is 0 Å². The number of aryl methyl sites for hydroxylation is 1. The van der Waals surface area contributed by atoms with Gasteiger partial charge in [0.05, 0.1) is 0 Å². The van der Waals surface area contributed by atoms with Crippen molar-refractivity contribution in [2.24, 2.45) is 0 Å². The number of piperazine rings is 1. The van der Waals surface area contributed by atoms with Gasteiger partial charge in [-0.3, -0.25) is 4.90 Å². The van der Waals surface area contributed by atoms with Gasteiger partial charge in [-0.05, 0) is 31.2 Å². The van der Waals surface area contributed by atoms with Crippen molar-refractivity contribution in [2.45, 2.75) is 11.1 Å². The summed E-state index contributed by atoms with van der Waals surface area (Å²) in [6.45, 7) is 6.96.